The van der Waals surface area contributed by atoms with Gasteiger partial charge in [-0.3, -0.25) is 0 Å². The van der Waals surface area contributed by atoms with E-state index in [-0.39, 0.29) is 0 Å². The number of nitrogens with one attached hydrogen (secondary N) is 1. The molecule has 0 aliphatic heterocycles. The van der Waals surface area contributed by atoms with Crippen LogP contribution in [0.3, 0.4) is 0 Å². The molecule has 2 fully saturated rings. The van der Waals surface area contributed by atoms with Crippen molar-refractivity contribution >= 4 is 0 Å². The molecule has 1 heteroatoms. The SMILES string of the molecule is CCC(CC)=C1CC(C)CC(NC2CCCC(C)C2)C1. The first-order valence-electron chi connectivity index (χ1n) is 9.08. The highest BCUT2D eigenvalue weighted by Crippen LogP contribution is 2.34. The molecular weight excluding hydrogens is 242 g/mol. The lowest BCUT2D eigenvalue weighted by molar-refractivity contribution is 0.250. The standard InChI is InChI=1S/C19H35N/c1-5-16(6-2)17-10-15(4)12-19(13-17)20-18-9-7-8-14(3)11-18/h14-15,18-20H,5-13H2,1-4H3. The zero-order chi connectivity index (χ0) is 14.5. The van der Waals surface area contributed by atoms with Crippen molar-refractivity contribution in [2.24, 2.45) is 11.8 Å². The average Bonchev–Trinajstić information content (AvgIpc) is 2.39. The van der Waals surface area contributed by atoms with Gasteiger partial charge in [-0.1, -0.05) is 51.7 Å². The van der Waals surface area contributed by atoms with E-state index in [0.717, 1.165) is 23.9 Å². The molecule has 20 heavy (non-hydrogen) atoms. The highest BCUT2D eigenvalue weighted by atomic mass is 15.0. The molecule has 0 aromatic heterocycles. The highest BCUT2D eigenvalue weighted by Gasteiger charge is 2.27. The van der Waals surface area contributed by atoms with E-state index in [9.17, 15) is 0 Å². The largest absolute Gasteiger partial charge is 0.311 e. The van der Waals surface area contributed by atoms with E-state index in [1.165, 1.54) is 57.8 Å². The summed E-state index contributed by atoms with van der Waals surface area (Å²) in [5.41, 5.74) is 3.52. The molecule has 4 unspecified atom stereocenters. The van der Waals surface area contributed by atoms with Crippen molar-refractivity contribution in [2.45, 2.75) is 97.6 Å². The van der Waals surface area contributed by atoms with E-state index < -0.39 is 0 Å². The second-order valence-corrected chi connectivity index (χ2v) is 7.50. The summed E-state index contributed by atoms with van der Waals surface area (Å²) in [6, 6.07) is 1.54. The number of allylic oxidation sites excluding steroid dienone is 1. The van der Waals surface area contributed by atoms with Crippen LogP contribution in [0.5, 0.6) is 0 Å². The van der Waals surface area contributed by atoms with E-state index in [1.807, 2.05) is 0 Å². The summed E-state index contributed by atoms with van der Waals surface area (Å²) in [7, 11) is 0. The van der Waals surface area contributed by atoms with Gasteiger partial charge in [0.2, 0.25) is 0 Å². The molecule has 116 valence electrons. The van der Waals surface area contributed by atoms with Gasteiger partial charge in [0.1, 0.15) is 0 Å². The van der Waals surface area contributed by atoms with Crippen molar-refractivity contribution in [3.8, 4) is 0 Å². The monoisotopic (exact) mass is 277 g/mol. The first-order chi connectivity index (χ1) is 9.62. The average molecular weight is 277 g/mol. The summed E-state index contributed by atoms with van der Waals surface area (Å²) in [5, 5.41) is 4.02. The Morgan fingerprint density at radius 1 is 0.950 bits per heavy atom. The van der Waals surface area contributed by atoms with Gasteiger partial charge in [0.25, 0.3) is 0 Å². The maximum absolute atomic E-state index is 4.02. The van der Waals surface area contributed by atoms with Crippen molar-refractivity contribution < 1.29 is 0 Å². The Bertz CT molecular complexity index is 325. The fraction of sp³-hybridized carbons (Fsp3) is 0.895. The Kier molecular flexibility index (Phi) is 6.14. The van der Waals surface area contributed by atoms with Crippen molar-refractivity contribution in [3.63, 3.8) is 0 Å². The molecule has 2 aliphatic rings. The third kappa shape index (κ3) is 4.35. The minimum absolute atomic E-state index is 0.747. The molecule has 2 aliphatic carbocycles. The molecule has 0 aromatic rings. The quantitative estimate of drug-likeness (QED) is 0.673. The Labute approximate surface area is 126 Å². The van der Waals surface area contributed by atoms with Crippen LogP contribution in [-0.4, -0.2) is 12.1 Å². The predicted octanol–water partition coefficient (Wildman–Crippen LogP) is 5.46. The molecule has 0 heterocycles. The number of rotatable bonds is 4. The van der Waals surface area contributed by atoms with E-state index in [4.69, 9.17) is 0 Å². The zero-order valence-electron chi connectivity index (χ0n) is 14.2. The minimum atomic E-state index is 0.747. The maximum Gasteiger partial charge on any atom is 0.0110 e. The second kappa shape index (κ2) is 7.64. The maximum atomic E-state index is 4.02. The summed E-state index contributed by atoms with van der Waals surface area (Å²) >= 11 is 0. The Morgan fingerprint density at radius 3 is 2.30 bits per heavy atom. The van der Waals surface area contributed by atoms with E-state index in [0.29, 0.717) is 0 Å². The molecule has 2 saturated carbocycles. The predicted molar refractivity (Wildman–Crippen MR) is 89.0 cm³/mol. The van der Waals surface area contributed by atoms with Crippen LogP contribution in [0.2, 0.25) is 0 Å². The summed E-state index contributed by atoms with van der Waals surface area (Å²) in [4.78, 5) is 0. The van der Waals surface area contributed by atoms with Crippen LogP contribution in [-0.2, 0) is 0 Å². The third-order valence-corrected chi connectivity index (χ3v) is 5.54. The summed E-state index contributed by atoms with van der Waals surface area (Å²) in [6.45, 7) is 9.53. The van der Waals surface area contributed by atoms with Crippen molar-refractivity contribution in [3.05, 3.63) is 11.1 Å². The van der Waals surface area contributed by atoms with Gasteiger partial charge >= 0.3 is 0 Å². The minimum Gasteiger partial charge on any atom is -0.311 e. The first kappa shape index (κ1) is 16.1. The molecular formula is C19H35N. The van der Waals surface area contributed by atoms with Gasteiger partial charge in [-0.05, 0) is 56.8 Å². The van der Waals surface area contributed by atoms with Crippen LogP contribution < -0.4 is 5.32 Å². The third-order valence-electron chi connectivity index (χ3n) is 5.54. The summed E-state index contributed by atoms with van der Waals surface area (Å²) in [6.07, 6.45) is 12.3. The molecule has 0 saturated heterocycles. The van der Waals surface area contributed by atoms with Crippen molar-refractivity contribution in [2.75, 3.05) is 0 Å². The molecule has 0 bridgehead atoms. The molecule has 1 nitrogen and oxygen atoms in total. The van der Waals surface area contributed by atoms with Crippen LogP contribution >= 0.6 is 0 Å². The number of hydrogen-bond donors (Lipinski definition) is 1. The second-order valence-electron chi connectivity index (χ2n) is 7.50. The Hall–Kier alpha value is -0.300. The normalized spacial score (nSPS) is 35.1. The van der Waals surface area contributed by atoms with Crippen LogP contribution in [0, 0.1) is 11.8 Å². The fourth-order valence-electron chi connectivity index (χ4n) is 4.54. The van der Waals surface area contributed by atoms with Crippen LogP contribution in [0.15, 0.2) is 11.1 Å². The van der Waals surface area contributed by atoms with E-state index >= 15 is 0 Å². The molecule has 4 atom stereocenters. The van der Waals surface area contributed by atoms with Gasteiger partial charge in [-0.25, -0.2) is 0 Å². The van der Waals surface area contributed by atoms with Crippen molar-refractivity contribution in [1.82, 2.24) is 5.32 Å². The van der Waals surface area contributed by atoms with Gasteiger partial charge in [-0.15, -0.1) is 0 Å². The van der Waals surface area contributed by atoms with Crippen LogP contribution in [0.4, 0.5) is 0 Å². The fourth-order valence-corrected chi connectivity index (χ4v) is 4.54. The highest BCUT2D eigenvalue weighted by molar-refractivity contribution is 5.18. The first-order valence-corrected chi connectivity index (χ1v) is 9.08. The molecule has 1 N–H and O–H groups in total. The van der Waals surface area contributed by atoms with Crippen LogP contribution in [0.1, 0.15) is 85.5 Å². The number of hydrogen-bond acceptors (Lipinski definition) is 1. The lowest BCUT2D eigenvalue weighted by Crippen LogP contribution is -2.43. The van der Waals surface area contributed by atoms with Crippen molar-refractivity contribution in [1.29, 1.82) is 0 Å². The molecule has 2 rings (SSSR count). The summed E-state index contributed by atoms with van der Waals surface area (Å²) in [5.74, 6) is 1.80. The van der Waals surface area contributed by atoms with Gasteiger partial charge in [0.15, 0.2) is 0 Å². The van der Waals surface area contributed by atoms with Gasteiger partial charge in [0, 0.05) is 12.1 Å². The molecule has 0 spiro atoms. The van der Waals surface area contributed by atoms with Gasteiger partial charge in [0.05, 0.1) is 0 Å². The zero-order valence-corrected chi connectivity index (χ0v) is 14.2. The van der Waals surface area contributed by atoms with Gasteiger partial charge < -0.3 is 5.32 Å². The Morgan fingerprint density at radius 2 is 1.65 bits per heavy atom. The Balaban J connectivity index is 1.95. The van der Waals surface area contributed by atoms with Gasteiger partial charge in [-0.2, -0.15) is 0 Å². The topological polar surface area (TPSA) is 12.0 Å². The summed E-state index contributed by atoms with van der Waals surface area (Å²) < 4.78 is 0. The molecule has 0 radical (unpaired) electrons. The molecule has 0 amide bonds. The lowest BCUT2D eigenvalue weighted by Gasteiger charge is -2.36. The smallest absolute Gasteiger partial charge is 0.0110 e. The van der Waals surface area contributed by atoms with Crippen LogP contribution in [0.25, 0.3) is 0 Å². The van der Waals surface area contributed by atoms with E-state index in [1.54, 1.807) is 11.1 Å². The lowest BCUT2D eigenvalue weighted by atomic mass is 9.79. The molecule has 0 aromatic carbocycles. The van der Waals surface area contributed by atoms with E-state index in [2.05, 4.69) is 33.0 Å².